The van der Waals surface area contributed by atoms with E-state index in [1.165, 1.54) is 25.7 Å². The SMILES string of the molecule is Cc1ccc(C(N)C(=O)Nc2ccc(COC3CCCC3)cc2)cc1.Cl. The van der Waals surface area contributed by atoms with E-state index in [1.807, 2.05) is 55.5 Å². The van der Waals surface area contributed by atoms with Gasteiger partial charge in [0.2, 0.25) is 5.91 Å². The van der Waals surface area contributed by atoms with Crippen molar-refractivity contribution in [3.05, 3.63) is 65.2 Å². The second-order valence-corrected chi connectivity index (χ2v) is 6.79. The van der Waals surface area contributed by atoms with Crippen molar-refractivity contribution in [3.8, 4) is 0 Å². The van der Waals surface area contributed by atoms with Crippen LogP contribution in [0.3, 0.4) is 0 Å². The number of aryl methyl sites for hydroxylation is 1. The smallest absolute Gasteiger partial charge is 0.245 e. The zero-order valence-corrected chi connectivity index (χ0v) is 15.9. The zero-order valence-electron chi connectivity index (χ0n) is 15.1. The van der Waals surface area contributed by atoms with E-state index in [1.54, 1.807) is 0 Å². The minimum absolute atomic E-state index is 0. The van der Waals surface area contributed by atoms with Crippen LogP contribution < -0.4 is 11.1 Å². The van der Waals surface area contributed by atoms with Crippen molar-refractivity contribution >= 4 is 24.0 Å². The van der Waals surface area contributed by atoms with E-state index in [0.29, 0.717) is 12.7 Å². The van der Waals surface area contributed by atoms with E-state index in [4.69, 9.17) is 10.5 Å². The van der Waals surface area contributed by atoms with Gasteiger partial charge in [-0.25, -0.2) is 0 Å². The first-order valence-electron chi connectivity index (χ1n) is 8.95. The van der Waals surface area contributed by atoms with Crippen molar-refractivity contribution in [3.63, 3.8) is 0 Å². The Morgan fingerprint density at radius 2 is 1.73 bits per heavy atom. The fourth-order valence-electron chi connectivity index (χ4n) is 3.10. The lowest BCUT2D eigenvalue weighted by atomic mass is 10.1. The summed E-state index contributed by atoms with van der Waals surface area (Å²) in [6.07, 6.45) is 5.30. The van der Waals surface area contributed by atoms with Gasteiger partial charge in [-0.1, -0.05) is 54.8 Å². The van der Waals surface area contributed by atoms with Gasteiger partial charge in [-0.15, -0.1) is 12.4 Å². The first-order valence-corrected chi connectivity index (χ1v) is 8.95. The molecule has 5 heteroatoms. The van der Waals surface area contributed by atoms with E-state index >= 15 is 0 Å². The normalized spacial score (nSPS) is 15.3. The average molecular weight is 375 g/mol. The van der Waals surface area contributed by atoms with Crippen LogP contribution in [0, 0.1) is 6.92 Å². The number of amides is 1. The monoisotopic (exact) mass is 374 g/mol. The Balaban J connectivity index is 0.00000243. The molecule has 1 amide bonds. The van der Waals surface area contributed by atoms with Crippen LogP contribution in [-0.4, -0.2) is 12.0 Å². The number of anilines is 1. The average Bonchev–Trinajstić information content (AvgIpc) is 3.15. The fourth-order valence-corrected chi connectivity index (χ4v) is 3.10. The summed E-state index contributed by atoms with van der Waals surface area (Å²) in [6, 6.07) is 14.8. The number of rotatable bonds is 6. The van der Waals surface area contributed by atoms with Gasteiger partial charge in [0.05, 0.1) is 12.7 Å². The summed E-state index contributed by atoms with van der Waals surface area (Å²) in [5, 5.41) is 2.87. The van der Waals surface area contributed by atoms with E-state index in [-0.39, 0.29) is 18.3 Å². The first kappa shape index (κ1) is 20.4. The molecule has 0 radical (unpaired) electrons. The predicted octanol–water partition coefficient (Wildman–Crippen LogP) is 4.51. The summed E-state index contributed by atoms with van der Waals surface area (Å²) in [5.74, 6) is -0.209. The Hall–Kier alpha value is -1.88. The highest BCUT2D eigenvalue weighted by Crippen LogP contribution is 2.22. The minimum Gasteiger partial charge on any atom is -0.374 e. The lowest BCUT2D eigenvalue weighted by Crippen LogP contribution is -2.27. The van der Waals surface area contributed by atoms with E-state index in [0.717, 1.165) is 22.4 Å². The first-order chi connectivity index (χ1) is 12.1. The third-order valence-corrected chi connectivity index (χ3v) is 4.73. The van der Waals surface area contributed by atoms with Crippen LogP contribution in [0.4, 0.5) is 5.69 Å². The Morgan fingerprint density at radius 3 is 2.35 bits per heavy atom. The molecule has 140 valence electrons. The Bertz CT molecular complexity index is 695. The molecule has 3 rings (SSSR count). The molecule has 0 aromatic heterocycles. The molecular weight excluding hydrogens is 348 g/mol. The van der Waals surface area contributed by atoms with Crippen LogP contribution >= 0.6 is 12.4 Å². The van der Waals surface area contributed by atoms with Gasteiger partial charge in [-0.05, 0) is 43.0 Å². The molecule has 1 aliphatic rings. The summed E-state index contributed by atoms with van der Waals surface area (Å²) < 4.78 is 5.91. The number of nitrogens with one attached hydrogen (secondary N) is 1. The van der Waals surface area contributed by atoms with Crippen molar-refractivity contribution in [1.29, 1.82) is 0 Å². The largest absolute Gasteiger partial charge is 0.374 e. The van der Waals surface area contributed by atoms with Crippen LogP contribution in [0.5, 0.6) is 0 Å². The number of carbonyl (C=O) groups excluding carboxylic acids is 1. The molecule has 1 fully saturated rings. The second-order valence-electron chi connectivity index (χ2n) is 6.79. The van der Waals surface area contributed by atoms with Gasteiger partial charge in [-0.3, -0.25) is 4.79 Å². The van der Waals surface area contributed by atoms with Gasteiger partial charge in [0.25, 0.3) is 0 Å². The van der Waals surface area contributed by atoms with Gasteiger partial charge in [0.15, 0.2) is 0 Å². The van der Waals surface area contributed by atoms with Crippen LogP contribution in [0.25, 0.3) is 0 Å². The number of nitrogens with two attached hydrogens (primary N) is 1. The predicted molar refractivity (Wildman–Crippen MR) is 107 cm³/mol. The lowest BCUT2D eigenvalue weighted by Gasteiger charge is -2.14. The van der Waals surface area contributed by atoms with Crippen LogP contribution in [0.1, 0.15) is 48.4 Å². The Kier molecular flexibility index (Phi) is 7.64. The third-order valence-electron chi connectivity index (χ3n) is 4.73. The lowest BCUT2D eigenvalue weighted by molar-refractivity contribution is -0.117. The van der Waals surface area contributed by atoms with Crippen molar-refractivity contribution in [2.24, 2.45) is 5.73 Å². The maximum Gasteiger partial charge on any atom is 0.245 e. The maximum atomic E-state index is 12.3. The summed E-state index contributed by atoms with van der Waals surface area (Å²) in [7, 11) is 0. The van der Waals surface area contributed by atoms with E-state index < -0.39 is 6.04 Å². The molecule has 0 aliphatic heterocycles. The molecule has 0 spiro atoms. The Morgan fingerprint density at radius 1 is 1.12 bits per heavy atom. The molecule has 3 N–H and O–H groups in total. The number of carbonyl (C=O) groups is 1. The van der Waals surface area contributed by atoms with Crippen LogP contribution in [-0.2, 0) is 16.1 Å². The molecule has 2 aromatic rings. The van der Waals surface area contributed by atoms with Gasteiger partial charge in [-0.2, -0.15) is 0 Å². The second kappa shape index (κ2) is 9.72. The van der Waals surface area contributed by atoms with Gasteiger partial charge in [0.1, 0.15) is 6.04 Å². The van der Waals surface area contributed by atoms with Crippen LogP contribution in [0.2, 0.25) is 0 Å². The quantitative estimate of drug-likeness (QED) is 0.781. The summed E-state index contributed by atoms with van der Waals surface area (Å²) in [4.78, 5) is 12.3. The molecule has 2 aromatic carbocycles. The van der Waals surface area contributed by atoms with Crippen molar-refractivity contribution < 1.29 is 9.53 Å². The standard InChI is InChI=1S/C21H26N2O2.ClH/c1-15-6-10-17(11-7-15)20(22)21(24)23-18-12-8-16(9-13-18)14-25-19-4-2-3-5-19;/h6-13,19-20H,2-5,14,22H2,1H3,(H,23,24);1H. The molecule has 0 bridgehead atoms. The molecule has 1 atom stereocenters. The number of hydrogen-bond donors (Lipinski definition) is 2. The topological polar surface area (TPSA) is 64.4 Å². The highest BCUT2D eigenvalue weighted by Gasteiger charge is 2.16. The number of ether oxygens (including phenoxy) is 1. The van der Waals surface area contributed by atoms with Crippen molar-refractivity contribution in [2.75, 3.05) is 5.32 Å². The van der Waals surface area contributed by atoms with Crippen molar-refractivity contribution in [2.45, 2.75) is 51.4 Å². The molecule has 1 unspecified atom stereocenters. The molecule has 1 saturated carbocycles. The molecular formula is C21H27ClN2O2. The van der Waals surface area contributed by atoms with Crippen LogP contribution in [0.15, 0.2) is 48.5 Å². The van der Waals surface area contributed by atoms with Gasteiger partial charge in [0, 0.05) is 5.69 Å². The maximum absolute atomic E-state index is 12.3. The number of halogens is 1. The number of hydrogen-bond acceptors (Lipinski definition) is 3. The summed E-state index contributed by atoms with van der Waals surface area (Å²) in [6.45, 7) is 2.63. The molecule has 4 nitrogen and oxygen atoms in total. The molecule has 1 aliphatic carbocycles. The Labute approximate surface area is 161 Å². The van der Waals surface area contributed by atoms with Gasteiger partial charge >= 0.3 is 0 Å². The third kappa shape index (κ3) is 5.56. The highest BCUT2D eigenvalue weighted by atomic mass is 35.5. The number of benzene rings is 2. The molecule has 0 saturated heterocycles. The summed E-state index contributed by atoms with van der Waals surface area (Å²) in [5.41, 5.74) is 9.87. The summed E-state index contributed by atoms with van der Waals surface area (Å²) >= 11 is 0. The van der Waals surface area contributed by atoms with E-state index in [9.17, 15) is 4.79 Å². The minimum atomic E-state index is -0.675. The zero-order chi connectivity index (χ0) is 17.6. The fraction of sp³-hybridized carbons (Fsp3) is 0.381. The molecule has 26 heavy (non-hydrogen) atoms. The molecule has 0 heterocycles. The van der Waals surface area contributed by atoms with E-state index in [2.05, 4.69) is 5.32 Å². The van der Waals surface area contributed by atoms with Gasteiger partial charge < -0.3 is 15.8 Å². The van der Waals surface area contributed by atoms with Crippen molar-refractivity contribution in [1.82, 2.24) is 0 Å². The highest BCUT2D eigenvalue weighted by molar-refractivity contribution is 5.95.